The minimum atomic E-state index is 0.942. The van der Waals surface area contributed by atoms with Gasteiger partial charge in [-0.05, 0) is 42.0 Å². The molecule has 0 aliphatic heterocycles. The second kappa shape index (κ2) is 5.46. The summed E-state index contributed by atoms with van der Waals surface area (Å²) in [4.78, 5) is 2.29. The molecule has 0 aliphatic carbocycles. The number of nitrogens with zero attached hydrogens (tertiary/aromatic N) is 1. The van der Waals surface area contributed by atoms with E-state index in [0.717, 1.165) is 18.7 Å². The number of rotatable bonds is 4. The summed E-state index contributed by atoms with van der Waals surface area (Å²) in [6.45, 7) is 3.19. The van der Waals surface area contributed by atoms with Crippen LogP contribution in [0.2, 0.25) is 0 Å². The minimum absolute atomic E-state index is 0.942. The first-order valence-corrected chi connectivity index (χ1v) is 6.66. The average Bonchev–Trinajstić information content (AvgIpc) is 2.35. The van der Waals surface area contributed by atoms with Crippen molar-refractivity contribution in [2.75, 3.05) is 24.2 Å². The molecule has 0 N–H and O–H groups in total. The van der Waals surface area contributed by atoms with E-state index in [4.69, 9.17) is 0 Å². The van der Waals surface area contributed by atoms with E-state index in [0.29, 0.717) is 0 Å². The van der Waals surface area contributed by atoms with E-state index in [1.807, 2.05) is 0 Å². The molecule has 0 spiro atoms. The van der Waals surface area contributed by atoms with E-state index >= 15 is 0 Å². The van der Waals surface area contributed by atoms with Gasteiger partial charge >= 0.3 is 0 Å². The molecule has 1 nitrogen and oxygen atoms in total. The molecule has 0 amide bonds. The Morgan fingerprint density at radius 2 is 1.76 bits per heavy atom. The fourth-order valence-electron chi connectivity index (χ4n) is 2.03. The maximum Gasteiger partial charge on any atom is 0.0370 e. The van der Waals surface area contributed by atoms with Crippen LogP contribution in [0.15, 0.2) is 36.4 Å². The Morgan fingerprint density at radius 1 is 1.06 bits per heavy atom. The largest absolute Gasteiger partial charge is 0.375 e. The van der Waals surface area contributed by atoms with E-state index in [9.17, 15) is 0 Å². The molecule has 0 saturated heterocycles. The molecular weight excluding hydrogens is 226 g/mol. The number of aryl methyl sites for hydroxylation is 1. The predicted molar refractivity (Wildman–Crippen MR) is 80.4 cm³/mol. The summed E-state index contributed by atoms with van der Waals surface area (Å²) in [6.07, 6.45) is 1.12. The molecule has 17 heavy (non-hydrogen) atoms. The maximum atomic E-state index is 4.25. The van der Waals surface area contributed by atoms with Gasteiger partial charge in [0.15, 0.2) is 0 Å². The van der Waals surface area contributed by atoms with E-state index in [-0.39, 0.29) is 0 Å². The van der Waals surface area contributed by atoms with Crippen molar-refractivity contribution in [3.8, 4) is 0 Å². The zero-order valence-corrected chi connectivity index (χ0v) is 11.4. The van der Waals surface area contributed by atoms with Crippen molar-refractivity contribution in [1.82, 2.24) is 0 Å². The highest BCUT2D eigenvalue weighted by Crippen LogP contribution is 2.22. The topological polar surface area (TPSA) is 3.24 Å². The van der Waals surface area contributed by atoms with Crippen molar-refractivity contribution in [2.45, 2.75) is 13.3 Å². The van der Waals surface area contributed by atoms with Crippen molar-refractivity contribution in [1.29, 1.82) is 0 Å². The summed E-state index contributed by atoms with van der Waals surface area (Å²) < 4.78 is 0. The second-order valence-corrected chi connectivity index (χ2v) is 4.98. The Kier molecular flexibility index (Phi) is 3.95. The molecule has 0 bridgehead atoms. The number of hydrogen-bond acceptors (Lipinski definition) is 2. The van der Waals surface area contributed by atoms with Gasteiger partial charge in [0, 0.05) is 19.3 Å². The van der Waals surface area contributed by atoms with Gasteiger partial charge in [-0.1, -0.05) is 29.8 Å². The molecule has 2 aromatic rings. The highest BCUT2D eigenvalue weighted by molar-refractivity contribution is 7.80. The van der Waals surface area contributed by atoms with E-state index in [1.165, 1.54) is 22.0 Å². The number of fused-ring (bicyclic) bond motifs is 1. The normalized spacial score (nSPS) is 10.8. The predicted octanol–water partition coefficient (Wildman–Crippen LogP) is 3.90. The number of thiol groups is 1. The Balaban J connectivity index is 2.28. The first-order chi connectivity index (χ1) is 8.20. The third-order valence-corrected chi connectivity index (χ3v) is 3.39. The van der Waals surface area contributed by atoms with E-state index in [1.54, 1.807) is 0 Å². The monoisotopic (exact) mass is 245 g/mol. The van der Waals surface area contributed by atoms with Gasteiger partial charge in [0.25, 0.3) is 0 Å². The molecule has 0 heterocycles. The first-order valence-electron chi connectivity index (χ1n) is 6.03. The quantitative estimate of drug-likeness (QED) is 0.799. The summed E-state index contributed by atoms with van der Waals surface area (Å²) in [5.74, 6) is 0.942. The average molecular weight is 245 g/mol. The summed E-state index contributed by atoms with van der Waals surface area (Å²) in [5, 5.41) is 2.63. The zero-order valence-electron chi connectivity index (χ0n) is 10.5. The van der Waals surface area contributed by atoms with Gasteiger partial charge in [-0.25, -0.2) is 0 Å². The second-order valence-electron chi connectivity index (χ2n) is 4.53. The molecule has 0 aliphatic rings. The molecule has 0 saturated carbocycles. The lowest BCUT2D eigenvalue weighted by Crippen LogP contribution is -2.18. The van der Waals surface area contributed by atoms with Gasteiger partial charge in [0.1, 0.15) is 0 Å². The Bertz CT molecular complexity index is 507. The van der Waals surface area contributed by atoms with Crippen molar-refractivity contribution >= 4 is 29.1 Å². The molecule has 0 aromatic heterocycles. The summed E-state index contributed by atoms with van der Waals surface area (Å²) >= 11 is 4.25. The molecule has 0 atom stereocenters. The van der Waals surface area contributed by atoms with Gasteiger partial charge in [-0.3, -0.25) is 0 Å². The smallest absolute Gasteiger partial charge is 0.0370 e. The number of hydrogen-bond donors (Lipinski definition) is 1. The van der Waals surface area contributed by atoms with E-state index < -0.39 is 0 Å². The standard InChI is InChI=1S/C15H19NS/c1-12-4-5-14-11-15(7-6-13(14)10-12)16(2)8-3-9-17/h4-7,10-11,17H,3,8-9H2,1-2H3. The van der Waals surface area contributed by atoms with Gasteiger partial charge in [0.2, 0.25) is 0 Å². The Morgan fingerprint density at radius 3 is 2.53 bits per heavy atom. The van der Waals surface area contributed by atoms with E-state index in [2.05, 4.69) is 67.9 Å². The number of anilines is 1. The van der Waals surface area contributed by atoms with Crippen LogP contribution in [0.25, 0.3) is 10.8 Å². The highest BCUT2D eigenvalue weighted by Gasteiger charge is 2.01. The van der Waals surface area contributed by atoms with Crippen LogP contribution < -0.4 is 4.90 Å². The van der Waals surface area contributed by atoms with Crippen LogP contribution in [0.4, 0.5) is 5.69 Å². The molecule has 90 valence electrons. The van der Waals surface area contributed by atoms with Crippen LogP contribution >= 0.6 is 12.6 Å². The molecule has 2 rings (SSSR count). The van der Waals surface area contributed by atoms with Gasteiger partial charge in [-0.15, -0.1) is 0 Å². The van der Waals surface area contributed by atoms with Gasteiger partial charge in [-0.2, -0.15) is 12.6 Å². The summed E-state index contributed by atoms with van der Waals surface area (Å²) in [5.41, 5.74) is 2.59. The van der Waals surface area contributed by atoms with Crippen LogP contribution in [-0.2, 0) is 0 Å². The maximum absolute atomic E-state index is 4.25. The molecule has 0 radical (unpaired) electrons. The summed E-state index contributed by atoms with van der Waals surface area (Å²) in [6, 6.07) is 13.2. The van der Waals surface area contributed by atoms with Crippen molar-refractivity contribution < 1.29 is 0 Å². The molecular formula is C15H19NS. The van der Waals surface area contributed by atoms with Crippen molar-refractivity contribution in [2.24, 2.45) is 0 Å². The lowest BCUT2D eigenvalue weighted by Gasteiger charge is -2.19. The van der Waals surface area contributed by atoms with Crippen molar-refractivity contribution in [3.05, 3.63) is 42.0 Å². The van der Waals surface area contributed by atoms with Gasteiger partial charge < -0.3 is 4.90 Å². The van der Waals surface area contributed by atoms with Crippen LogP contribution in [0.5, 0.6) is 0 Å². The SMILES string of the molecule is Cc1ccc2cc(N(C)CCCS)ccc2c1. The van der Waals surface area contributed by atoms with Crippen LogP contribution in [0.1, 0.15) is 12.0 Å². The molecule has 2 aromatic carbocycles. The Labute approximate surface area is 109 Å². The minimum Gasteiger partial charge on any atom is -0.375 e. The molecule has 0 fully saturated rings. The third-order valence-electron chi connectivity index (χ3n) is 3.07. The molecule has 2 heteroatoms. The number of benzene rings is 2. The summed E-state index contributed by atoms with van der Waals surface area (Å²) in [7, 11) is 2.14. The highest BCUT2D eigenvalue weighted by atomic mass is 32.1. The zero-order chi connectivity index (χ0) is 12.3. The van der Waals surface area contributed by atoms with Crippen LogP contribution in [-0.4, -0.2) is 19.3 Å². The fraction of sp³-hybridized carbons (Fsp3) is 0.333. The Hall–Kier alpha value is -1.15. The lowest BCUT2D eigenvalue weighted by molar-refractivity contribution is 0.862. The lowest BCUT2D eigenvalue weighted by atomic mass is 10.1. The van der Waals surface area contributed by atoms with Crippen molar-refractivity contribution in [3.63, 3.8) is 0 Å². The molecule has 0 unspecified atom stereocenters. The van der Waals surface area contributed by atoms with Crippen LogP contribution in [0, 0.1) is 6.92 Å². The third kappa shape index (κ3) is 2.95. The van der Waals surface area contributed by atoms with Gasteiger partial charge in [0.05, 0.1) is 0 Å². The first kappa shape index (κ1) is 12.3. The fourth-order valence-corrected chi connectivity index (χ4v) is 2.17. The van der Waals surface area contributed by atoms with Crippen LogP contribution in [0.3, 0.4) is 0 Å².